The van der Waals surface area contributed by atoms with Gasteiger partial charge in [0.15, 0.2) is 11.5 Å². The molecule has 0 saturated carbocycles. The number of imide groups is 1. The quantitative estimate of drug-likeness (QED) is 0.399. The van der Waals surface area contributed by atoms with Crippen LogP contribution in [0.25, 0.3) is 0 Å². The number of esters is 1. The van der Waals surface area contributed by atoms with Crippen LogP contribution >= 0.6 is 15.9 Å². The molecule has 0 bridgehead atoms. The average Bonchev–Trinajstić information content (AvgIpc) is 2.94. The summed E-state index contributed by atoms with van der Waals surface area (Å²) in [6.07, 6.45) is -0.505. The van der Waals surface area contributed by atoms with Crippen LogP contribution in [0, 0.1) is 0 Å². The van der Waals surface area contributed by atoms with Crippen LogP contribution in [-0.4, -0.2) is 48.5 Å². The van der Waals surface area contributed by atoms with Crippen LogP contribution < -0.4 is 9.47 Å². The van der Waals surface area contributed by atoms with Gasteiger partial charge in [-0.15, -0.1) is 0 Å². The number of ether oxygens (including phenoxy) is 3. The van der Waals surface area contributed by atoms with Gasteiger partial charge in [0.25, 0.3) is 11.8 Å². The van der Waals surface area contributed by atoms with E-state index in [0.29, 0.717) is 29.0 Å². The fourth-order valence-corrected chi connectivity index (χ4v) is 3.45. The molecule has 28 heavy (non-hydrogen) atoms. The first kappa shape index (κ1) is 18.5. The average molecular weight is 446 g/mol. The topological polar surface area (TPSA) is 82.1 Å². The molecule has 2 heterocycles. The van der Waals surface area contributed by atoms with E-state index in [2.05, 4.69) is 15.9 Å². The zero-order valence-corrected chi connectivity index (χ0v) is 16.3. The lowest BCUT2D eigenvalue weighted by Crippen LogP contribution is -2.38. The van der Waals surface area contributed by atoms with Crippen LogP contribution in [0.15, 0.2) is 46.9 Å². The van der Waals surface area contributed by atoms with E-state index in [1.54, 1.807) is 36.4 Å². The number of carbonyl (C=O) groups is 3. The molecule has 2 aromatic rings. The fraction of sp³-hybridized carbons (Fsp3) is 0.250. The molecule has 0 spiro atoms. The van der Waals surface area contributed by atoms with E-state index in [9.17, 15) is 14.4 Å². The molecule has 2 aliphatic heterocycles. The predicted octanol–water partition coefficient (Wildman–Crippen LogP) is 2.82. The highest BCUT2D eigenvalue weighted by atomic mass is 79.9. The van der Waals surface area contributed by atoms with Gasteiger partial charge in [-0.05, 0) is 36.8 Å². The number of carbonyl (C=O) groups excluding carboxylic acids is 3. The van der Waals surface area contributed by atoms with Gasteiger partial charge >= 0.3 is 5.97 Å². The molecule has 1 atom stereocenters. The molecule has 2 aliphatic rings. The van der Waals surface area contributed by atoms with Crippen molar-refractivity contribution in [1.82, 2.24) is 4.90 Å². The highest BCUT2D eigenvalue weighted by Gasteiger charge is 2.35. The van der Waals surface area contributed by atoms with Crippen molar-refractivity contribution >= 4 is 33.7 Å². The number of amides is 2. The Hall–Kier alpha value is -2.87. The maximum Gasteiger partial charge on any atom is 0.350 e. The Labute approximate surface area is 169 Å². The molecule has 2 aromatic carbocycles. The van der Waals surface area contributed by atoms with Crippen molar-refractivity contribution in [3.63, 3.8) is 0 Å². The number of fused-ring (bicyclic) bond motifs is 2. The van der Waals surface area contributed by atoms with Crippen LogP contribution in [0.5, 0.6) is 11.5 Å². The molecular weight excluding hydrogens is 430 g/mol. The molecule has 144 valence electrons. The first-order chi connectivity index (χ1) is 13.5. The fourth-order valence-electron chi connectivity index (χ4n) is 3.09. The monoisotopic (exact) mass is 445 g/mol. The van der Waals surface area contributed by atoms with Gasteiger partial charge in [0.1, 0.15) is 6.61 Å². The minimum absolute atomic E-state index is 0.0669. The Morgan fingerprint density at radius 2 is 1.86 bits per heavy atom. The van der Waals surface area contributed by atoms with Gasteiger partial charge in [0.2, 0.25) is 6.10 Å². The Morgan fingerprint density at radius 3 is 2.68 bits per heavy atom. The summed E-state index contributed by atoms with van der Waals surface area (Å²) in [4.78, 5) is 38.1. The third-order valence-electron chi connectivity index (χ3n) is 4.47. The molecule has 7 nitrogen and oxygen atoms in total. The summed E-state index contributed by atoms with van der Waals surface area (Å²) in [7, 11) is 0. The minimum Gasteiger partial charge on any atom is -0.485 e. The maximum absolute atomic E-state index is 12.4. The molecule has 0 N–H and O–H groups in total. The summed E-state index contributed by atoms with van der Waals surface area (Å²) in [5.74, 6) is -0.134. The van der Waals surface area contributed by atoms with Crippen molar-refractivity contribution in [3.05, 3.63) is 58.1 Å². The lowest BCUT2D eigenvalue weighted by atomic mass is 10.1. The van der Waals surface area contributed by atoms with Crippen LogP contribution in [0.1, 0.15) is 27.1 Å². The molecule has 0 saturated heterocycles. The van der Waals surface area contributed by atoms with E-state index in [1.165, 1.54) is 4.90 Å². The van der Waals surface area contributed by atoms with E-state index in [4.69, 9.17) is 14.2 Å². The van der Waals surface area contributed by atoms with Gasteiger partial charge in [-0.1, -0.05) is 28.1 Å². The van der Waals surface area contributed by atoms with Crippen molar-refractivity contribution in [2.24, 2.45) is 0 Å². The number of benzene rings is 2. The summed E-state index contributed by atoms with van der Waals surface area (Å²) in [5, 5.41) is 0. The predicted molar refractivity (Wildman–Crippen MR) is 101 cm³/mol. The minimum atomic E-state index is -0.841. The number of hydrogen-bond donors (Lipinski definition) is 0. The summed E-state index contributed by atoms with van der Waals surface area (Å²) in [5.41, 5.74) is 0.763. The maximum atomic E-state index is 12.4. The smallest absolute Gasteiger partial charge is 0.350 e. The van der Waals surface area contributed by atoms with Crippen LogP contribution in [0.3, 0.4) is 0 Å². The molecule has 1 unspecified atom stereocenters. The third kappa shape index (κ3) is 3.47. The van der Waals surface area contributed by atoms with E-state index in [1.807, 2.05) is 6.07 Å². The van der Waals surface area contributed by atoms with Gasteiger partial charge in [0, 0.05) is 11.0 Å². The van der Waals surface area contributed by atoms with Gasteiger partial charge in [-0.3, -0.25) is 14.5 Å². The van der Waals surface area contributed by atoms with Gasteiger partial charge in [-0.25, -0.2) is 4.79 Å². The standard InChI is InChI=1S/C20H16BrNO6/c21-12-6-7-13-14(10-12)19(24)22(18(13)23)8-3-9-26-20(25)17-11-27-15-4-1-2-5-16(15)28-17/h1-2,4-7,10,17H,3,8-9,11H2. The largest absolute Gasteiger partial charge is 0.485 e. The second-order valence-corrected chi connectivity index (χ2v) is 7.25. The first-order valence-corrected chi connectivity index (χ1v) is 9.55. The van der Waals surface area contributed by atoms with Gasteiger partial charge < -0.3 is 14.2 Å². The second-order valence-electron chi connectivity index (χ2n) is 6.34. The highest BCUT2D eigenvalue weighted by molar-refractivity contribution is 9.10. The molecule has 0 fully saturated rings. The van der Waals surface area contributed by atoms with Crippen molar-refractivity contribution < 1.29 is 28.6 Å². The summed E-state index contributed by atoms with van der Waals surface area (Å²) < 4.78 is 17.0. The van der Waals surface area contributed by atoms with Crippen LogP contribution in [-0.2, 0) is 9.53 Å². The van der Waals surface area contributed by atoms with Crippen molar-refractivity contribution in [1.29, 1.82) is 0 Å². The lowest BCUT2D eigenvalue weighted by Gasteiger charge is -2.25. The second kappa shape index (κ2) is 7.63. The van der Waals surface area contributed by atoms with Crippen molar-refractivity contribution in [2.45, 2.75) is 12.5 Å². The zero-order chi connectivity index (χ0) is 19.7. The number of para-hydroxylation sites is 2. The number of hydrogen-bond acceptors (Lipinski definition) is 6. The Kier molecular flexibility index (Phi) is 5.04. The van der Waals surface area contributed by atoms with E-state index < -0.39 is 12.1 Å². The Morgan fingerprint density at radius 1 is 1.11 bits per heavy atom. The van der Waals surface area contributed by atoms with E-state index >= 15 is 0 Å². The van der Waals surface area contributed by atoms with Crippen LogP contribution in [0.4, 0.5) is 0 Å². The van der Waals surface area contributed by atoms with Crippen molar-refractivity contribution in [3.8, 4) is 11.5 Å². The van der Waals surface area contributed by atoms with Crippen molar-refractivity contribution in [2.75, 3.05) is 19.8 Å². The number of halogens is 1. The Balaban J connectivity index is 1.27. The lowest BCUT2D eigenvalue weighted by molar-refractivity contribution is -0.154. The molecular formula is C20H16BrNO6. The van der Waals surface area contributed by atoms with E-state index in [-0.39, 0.29) is 31.6 Å². The first-order valence-electron chi connectivity index (χ1n) is 8.75. The molecule has 0 aliphatic carbocycles. The molecule has 2 amide bonds. The van der Waals surface area contributed by atoms with Gasteiger partial charge in [-0.2, -0.15) is 0 Å². The molecule has 0 aromatic heterocycles. The Bertz CT molecular complexity index is 959. The summed E-state index contributed by atoms with van der Waals surface area (Å²) in [6.45, 7) is 0.308. The van der Waals surface area contributed by atoms with Crippen LogP contribution in [0.2, 0.25) is 0 Å². The van der Waals surface area contributed by atoms with E-state index in [0.717, 1.165) is 4.47 Å². The van der Waals surface area contributed by atoms with Gasteiger partial charge in [0.05, 0.1) is 17.7 Å². The SMILES string of the molecule is O=C(OCCCN1C(=O)c2ccc(Br)cc2C1=O)C1COc2ccccc2O1. The number of rotatable bonds is 5. The highest BCUT2D eigenvalue weighted by Crippen LogP contribution is 2.31. The molecule has 4 rings (SSSR count). The normalized spacial score (nSPS) is 17.5. The zero-order valence-electron chi connectivity index (χ0n) is 14.7. The number of nitrogens with zero attached hydrogens (tertiary/aromatic N) is 1. The summed E-state index contributed by atoms with van der Waals surface area (Å²) in [6, 6.07) is 12.1. The summed E-state index contributed by atoms with van der Waals surface area (Å²) >= 11 is 3.30. The third-order valence-corrected chi connectivity index (χ3v) is 4.97. The molecule has 0 radical (unpaired) electrons. The molecule has 8 heteroatoms.